The molecule has 1 aromatic carbocycles. The molecule has 182 valence electrons. The third-order valence-corrected chi connectivity index (χ3v) is 6.39. The number of nitrogens with two attached hydrogens (primary N) is 2. The lowest BCUT2D eigenvalue weighted by molar-refractivity contribution is -0.559. The van der Waals surface area contributed by atoms with E-state index in [0.29, 0.717) is 18.7 Å². The number of ketones is 1. The summed E-state index contributed by atoms with van der Waals surface area (Å²) in [6.45, 7) is 4.06. The molecule has 34 heavy (non-hydrogen) atoms. The zero-order valence-corrected chi connectivity index (χ0v) is 20.7. The molecule has 1 aromatic heterocycles. The molecule has 0 spiro atoms. The second kappa shape index (κ2) is 14.1. The summed E-state index contributed by atoms with van der Waals surface area (Å²) in [6.07, 6.45) is 4.85. The first kappa shape index (κ1) is 27.0. The van der Waals surface area contributed by atoms with E-state index in [1.54, 1.807) is 7.05 Å². The number of thioether (sulfide) groups is 1. The number of nitrogens with one attached hydrogen (secondary N) is 2. The van der Waals surface area contributed by atoms with Crippen molar-refractivity contribution in [2.24, 2.45) is 5.73 Å². The van der Waals surface area contributed by atoms with E-state index in [-0.39, 0.29) is 24.1 Å². The van der Waals surface area contributed by atoms with Gasteiger partial charge in [0.15, 0.2) is 23.4 Å². The quantitative estimate of drug-likeness (QED) is 0.272. The molecule has 0 fully saturated rings. The van der Waals surface area contributed by atoms with E-state index in [2.05, 4.69) is 15.3 Å². The minimum atomic E-state index is -0.698. The Morgan fingerprint density at radius 3 is 2.71 bits per heavy atom. The monoisotopic (exact) mass is 486 g/mol. The highest BCUT2D eigenvalue weighted by Crippen LogP contribution is 2.11. The van der Waals surface area contributed by atoms with Crippen molar-refractivity contribution in [2.45, 2.75) is 32.1 Å². The summed E-state index contributed by atoms with van der Waals surface area (Å²) in [5.41, 5.74) is 8.07. The van der Waals surface area contributed by atoms with Gasteiger partial charge in [-0.05, 0) is 12.0 Å². The smallest absolute Gasteiger partial charge is 0.333 e. The van der Waals surface area contributed by atoms with Crippen LogP contribution in [0.5, 0.6) is 0 Å². The van der Waals surface area contributed by atoms with Gasteiger partial charge in [-0.1, -0.05) is 37.3 Å². The van der Waals surface area contributed by atoms with Gasteiger partial charge in [0.05, 0.1) is 11.3 Å². The van der Waals surface area contributed by atoms with E-state index in [0.717, 1.165) is 22.6 Å². The lowest BCUT2D eigenvalue weighted by atomic mass is 10.2. The van der Waals surface area contributed by atoms with Crippen molar-refractivity contribution in [3.63, 3.8) is 0 Å². The first-order chi connectivity index (χ1) is 16.4. The van der Waals surface area contributed by atoms with Gasteiger partial charge in [0, 0.05) is 37.8 Å². The topological polar surface area (TPSA) is 138 Å². The van der Waals surface area contributed by atoms with Crippen LogP contribution >= 0.6 is 11.8 Å². The average molecular weight is 487 g/mol. The fourth-order valence-electron chi connectivity index (χ4n) is 3.25. The van der Waals surface area contributed by atoms with E-state index in [4.69, 9.17) is 5.73 Å². The highest BCUT2D eigenvalue weighted by atomic mass is 32.2. The largest absolute Gasteiger partial charge is 0.404 e. The summed E-state index contributed by atoms with van der Waals surface area (Å²) in [7, 11) is 1.78. The molecule has 0 aliphatic rings. The van der Waals surface area contributed by atoms with E-state index in [9.17, 15) is 14.4 Å². The predicted octanol–water partition coefficient (Wildman–Crippen LogP) is -0.787. The molecule has 1 amide bonds. The van der Waals surface area contributed by atoms with Crippen LogP contribution in [0.15, 0.2) is 59.3 Å². The normalized spacial score (nSPS) is 12.9. The lowest BCUT2D eigenvalue weighted by Crippen LogP contribution is -2.91. The van der Waals surface area contributed by atoms with Gasteiger partial charge < -0.3 is 11.1 Å². The minimum Gasteiger partial charge on any atom is -0.404 e. The van der Waals surface area contributed by atoms with Crippen molar-refractivity contribution in [2.75, 3.05) is 31.2 Å². The number of quaternary nitrogens is 1. The van der Waals surface area contributed by atoms with Crippen molar-refractivity contribution >= 4 is 35.0 Å². The summed E-state index contributed by atoms with van der Waals surface area (Å²) in [5, 5.41) is 4.38. The molecule has 0 bridgehead atoms. The molecule has 2 aromatic rings. The number of primary amides is 1. The zero-order chi connectivity index (χ0) is 24.9. The number of hydrogen-bond donors (Lipinski definition) is 4. The minimum absolute atomic E-state index is 0.0224. The number of aromatic nitrogens is 2. The van der Waals surface area contributed by atoms with Crippen LogP contribution in [0.4, 0.5) is 5.82 Å². The van der Waals surface area contributed by atoms with Gasteiger partial charge in [0.2, 0.25) is 0 Å². The summed E-state index contributed by atoms with van der Waals surface area (Å²) in [5.74, 6) is 0.924. The van der Waals surface area contributed by atoms with Crippen molar-refractivity contribution < 1.29 is 19.9 Å². The fraction of sp³-hybridized carbons (Fsp3) is 0.375. The molecule has 6 N–H and O–H groups in total. The molecule has 0 saturated carbocycles. The zero-order valence-electron chi connectivity index (χ0n) is 19.9. The van der Waals surface area contributed by atoms with E-state index in [1.807, 2.05) is 44.2 Å². The van der Waals surface area contributed by atoms with Crippen molar-refractivity contribution in [3.05, 3.63) is 70.4 Å². The van der Waals surface area contributed by atoms with Crippen LogP contribution in [-0.2, 0) is 15.3 Å². The maximum Gasteiger partial charge on any atom is 0.333 e. The molecule has 1 heterocycles. The lowest BCUT2D eigenvalue weighted by Gasteiger charge is -2.16. The Hall–Kier alpha value is -3.24. The van der Waals surface area contributed by atoms with Gasteiger partial charge >= 0.3 is 5.91 Å². The van der Waals surface area contributed by atoms with Gasteiger partial charge in [0.1, 0.15) is 13.6 Å². The molecule has 10 heteroatoms. The number of rotatable bonds is 13. The molecule has 0 aliphatic heterocycles. The molecule has 1 atom stereocenters. The van der Waals surface area contributed by atoms with Gasteiger partial charge in [-0.3, -0.25) is 19.5 Å². The molecule has 0 aliphatic carbocycles. The van der Waals surface area contributed by atoms with Crippen molar-refractivity contribution in [1.29, 1.82) is 0 Å². The highest BCUT2D eigenvalue weighted by Gasteiger charge is 2.25. The first-order valence-electron chi connectivity index (χ1n) is 11.1. The van der Waals surface area contributed by atoms with E-state index in [1.165, 1.54) is 40.2 Å². The Kier molecular flexibility index (Phi) is 11.2. The maximum absolute atomic E-state index is 13.0. The fourth-order valence-corrected chi connectivity index (χ4v) is 4.12. The highest BCUT2D eigenvalue weighted by molar-refractivity contribution is 7.99. The van der Waals surface area contributed by atoms with Crippen molar-refractivity contribution in [3.8, 4) is 0 Å². The summed E-state index contributed by atoms with van der Waals surface area (Å²) >= 11 is 1.52. The Bertz CT molecular complexity index is 1080. The van der Waals surface area contributed by atoms with Crippen LogP contribution in [0.25, 0.3) is 0 Å². The second-order valence-corrected chi connectivity index (χ2v) is 8.65. The molecule has 0 saturated heterocycles. The molecular weight excluding hydrogens is 452 g/mol. The van der Waals surface area contributed by atoms with Crippen LogP contribution in [0, 0.1) is 0 Å². The number of amides is 1. The SMILES string of the molecule is CCC(C(=O)[NH2+]CC(=O)CSCc1ccccc1)n1ccnc(NCC(=CN)C(C)=[NH+]C)c1=O. The maximum atomic E-state index is 13.0. The first-order valence-corrected chi connectivity index (χ1v) is 12.3. The molecule has 0 radical (unpaired) electrons. The third-order valence-electron chi connectivity index (χ3n) is 5.33. The number of carbonyl (C=O) groups excluding carboxylic acids is 2. The van der Waals surface area contributed by atoms with E-state index < -0.39 is 11.6 Å². The Labute approximate surface area is 203 Å². The summed E-state index contributed by atoms with van der Waals surface area (Å²) in [6, 6.07) is 9.22. The van der Waals surface area contributed by atoms with Crippen LogP contribution in [0.2, 0.25) is 0 Å². The van der Waals surface area contributed by atoms with Crippen LogP contribution < -0.4 is 26.9 Å². The van der Waals surface area contributed by atoms with Gasteiger partial charge in [-0.15, -0.1) is 11.8 Å². The van der Waals surface area contributed by atoms with E-state index >= 15 is 0 Å². The van der Waals surface area contributed by atoms with Crippen LogP contribution in [0.3, 0.4) is 0 Å². The van der Waals surface area contributed by atoms with Crippen LogP contribution in [0.1, 0.15) is 31.9 Å². The summed E-state index contributed by atoms with van der Waals surface area (Å²) in [4.78, 5) is 45.2. The standard InChI is InChI=1S/C24H32N6O3S/c1-4-21(23(32)29-14-20(31)16-34-15-18-8-6-5-7-9-18)30-11-10-27-22(24(30)33)28-13-19(12-25)17(2)26-3/h5-12,21H,4,13-16,25H2,1-3H3,(H,27,28)(H,29,32)/p+2. The molecule has 2 rings (SSSR count). The van der Waals surface area contributed by atoms with Crippen LogP contribution in [-0.4, -0.2) is 52.8 Å². The molecule has 1 unspecified atom stereocenters. The van der Waals surface area contributed by atoms with Crippen molar-refractivity contribution in [1.82, 2.24) is 9.55 Å². The third kappa shape index (κ3) is 7.96. The number of benzene rings is 1. The van der Waals surface area contributed by atoms with Gasteiger partial charge in [0.25, 0.3) is 5.56 Å². The Balaban J connectivity index is 1.95. The van der Waals surface area contributed by atoms with Gasteiger partial charge in [-0.25, -0.2) is 14.8 Å². The Morgan fingerprint density at radius 2 is 2.06 bits per heavy atom. The second-order valence-electron chi connectivity index (χ2n) is 7.66. The predicted molar refractivity (Wildman–Crippen MR) is 136 cm³/mol. The number of hydrogen-bond acceptors (Lipinski definition) is 7. The average Bonchev–Trinajstić information content (AvgIpc) is 2.85. The number of nitrogens with zero attached hydrogens (tertiary/aromatic N) is 2. The summed E-state index contributed by atoms with van der Waals surface area (Å²) < 4.78 is 1.36. The van der Waals surface area contributed by atoms with Gasteiger partial charge in [-0.2, -0.15) is 0 Å². The number of carbonyl (C=O) groups is 2. The Morgan fingerprint density at radius 1 is 1.32 bits per heavy atom. The molecule has 9 nitrogen and oxygen atoms in total. The number of Topliss-reactive ketones (excluding diaryl/α,β-unsaturated/α-hetero) is 1. The molecular formula is C24H34N6O3S+2. The number of anilines is 1.